The molecule has 118 valence electrons. The number of hydrogen-bond acceptors (Lipinski definition) is 6. The van der Waals surface area contributed by atoms with E-state index in [2.05, 4.69) is 20.2 Å². The van der Waals surface area contributed by atoms with Gasteiger partial charge in [-0.1, -0.05) is 30.3 Å². The fourth-order valence-electron chi connectivity index (χ4n) is 2.48. The van der Waals surface area contributed by atoms with Crippen LogP contribution in [0.4, 0.5) is 0 Å². The summed E-state index contributed by atoms with van der Waals surface area (Å²) in [6, 6.07) is 9.23. The highest BCUT2D eigenvalue weighted by molar-refractivity contribution is 7.90. The molecule has 2 aromatic rings. The van der Waals surface area contributed by atoms with Crippen LogP contribution in [0.2, 0.25) is 0 Å². The fraction of sp³-hybridized carbons (Fsp3) is 0.429. The molecule has 2 heterocycles. The highest BCUT2D eigenvalue weighted by atomic mass is 32.2. The number of nitrogens with zero attached hydrogens (tertiary/aromatic N) is 2. The van der Waals surface area contributed by atoms with Crippen LogP contribution in [0.25, 0.3) is 0 Å². The molecule has 0 spiro atoms. The first kappa shape index (κ1) is 15.1. The minimum atomic E-state index is -3.39. The zero-order valence-electron chi connectivity index (χ0n) is 12.2. The summed E-state index contributed by atoms with van der Waals surface area (Å²) in [5.74, 6) is 0.920. The largest absolute Gasteiger partial charge is 0.424 e. The van der Waals surface area contributed by atoms with Gasteiger partial charge in [-0.2, -0.15) is 0 Å². The van der Waals surface area contributed by atoms with Crippen molar-refractivity contribution in [3.63, 3.8) is 0 Å². The zero-order valence-corrected chi connectivity index (χ0v) is 13.0. The molecule has 2 atom stereocenters. The first-order chi connectivity index (χ1) is 10.5. The molecule has 1 aliphatic heterocycles. The van der Waals surface area contributed by atoms with Crippen molar-refractivity contribution in [1.82, 2.24) is 20.2 Å². The lowest BCUT2D eigenvalue weighted by atomic mass is 10.2. The minimum Gasteiger partial charge on any atom is -0.424 e. The second-order valence-electron chi connectivity index (χ2n) is 5.33. The van der Waals surface area contributed by atoms with Crippen LogP contribution >= 0.6 is 0 Å². The Hall–Kier alpha value is -1.77. The molecule has 0 saturated carbocycles. The first-order valence-electron chi connectivity index (χ1n) is 7.10. The van der Waals surface area contributed by atoms with Crippen molar-refractivity contribution in [2.24, 2.45) is 0 Å². The summed E-state index contributed by atoms with van der Waals surface area (Å²) in [5, 5.41) is 10.3. The molecule has 0 amide bonds. The van der Waals surface area contributed by atoms with Crippen molar-refractivity contribution in [2.75, 3.05) is 6.54 Å². The molecule has 1 saturated heterocycles. The van der Waals surface area contributed by atoms with Crippen LogP contribution in [-0.4, -0.2) is 30.4 Å². The number of benzene rings is 1. The Bertz CT molecular complexity index is 730. The van der Waals surface area contributed by atoms with E-state index in [0.717, 1.165) is 5.56 Å². The molecule has 1 aromatic carbocycles. The topological polar surface area (TPSA) is 97.1 Å². The second-order valence-corrected chi connectivity index (χ2v) is 7.37. The summed E-state index contributed by atoms with van der Waals surface area (Å²) in [4.78, 5) is 0. The fourth-order valence-corrected chi connectivity index (χ4v) is 3.84. The molecule has 0 radical (unpaired) electrons. The van der Waals surface area contributed by atoms with Gasteiger partial charge in [0.25, 0.3) is 0 Å². The molecular formula is C14H18N4O3S. The number of aryl methyl sites for hydroxylation is 1. The van der Waals surface area contributed by atoms with Crippen LogP contribution in [0.1, 0.15) is 29.8 Å². The molecule has 7 nitrogen and oxygen atoms in total. The summed E-state index contributed by atoms with van der Waals surface area (Å²) in [6.07, 6.45) is 0.422. The number of hydrogen-bond donors (Lipinski definition) is 2. The van der Waals surface area contributed by atoms with Crippen LogP contribution in [0.5, 0.6) is 0 Å². The number of nitrogens with one attached hydrogen (secondary N) is 2. The maximum atomic E-state index is 12.4. The van der Waals surface area contributed by atoms with E-state index in [4.69, 9.17) is 4.42 Å². The number of rotatable bonds is 5. The standard InChI is InChI=1S/C14H18N4O3S/c1-10-17-18-14(21-10)13-7-12(9-15-13)22(19,20)16-8-11-5-3-2-4-6-11/h2-6,12-13,15-16H,7-9H2,1H3. The Kier molecular flexibility index (Phi) is 4.23. The molecule has 22 heavy (non-hydrogen) atoms. The highest BCUT2D eigenvalue weighted by Gasteiger charge is 2.36. The molecule has 2 unspecified atom stereocenters. The van der Waals surface area contributed by atoms with Crippen LogP contribution in [0.3, 0.4) is 0 Å². The summed E-state index contributed by atoms with van der Waals surface area (Å²) >= 11 is 0. The van der Waals surface area contributed by atoms with Crippen LogP contribution < -0.4 is 10.0 Å². The summed E-state index contributed by atoms with van der Waals surface area (Å²) < 4.78 is 32.8. The predicted octanol–water partition coefficient (Wildman–Crippen LogP) is 0.901. The summed E-state index contributed by atoms with van der Waals surface area (Å²) in [6.45, 7) is 2.38. The van der Waals surface area contributed by atoms with Gasteiger partial charge < -0.3 is 9.73 Å². The van der Waals surface area contributed by atoms with Gasteiger partial charge in [-0.25, -0.2) is 13.1 Å². The molecule has 1 fully saturated rings. The van der Waals surface area contributed by atoms with E-state index in [-0.39, 0.29) is 6.04 Å². The van der Waals surface area contributed by atoms with Gasteiger partial charge in [0.05, 0.1) is 11.3 Å². The summed E-state index contributed by atoms with van der Waals surface area (Å²) in [5.41, 5.74) is 0.932. The Morgan fingerprint density at radius 3 is 2.77 bits per heavy atom. The van der Waals surface area contributed by atoms with E-state index in [1.54, 1.807) is 6.92 Å². The van der Waals surface area contributed by atoms with E-state index >= 15 is 0 Å². The van der Waals surface area contributed by atoms with Gasteiger partial charge in [0.15, 0.2) is 0 Å². The third kappa shape index (κ3) is 3.34. The van der Waals surface area contributed by atoms with Crippen molar-refractivity contribution < 1.29 is 12.8 Å². The second kappa shape index (κ2) is 6.15. The monoisotopic (exact) mass is 322 g/mol. The van der Waals surface area contributed by atoms with E-state index < -0.39 is 15.3 Å². The van der Waals surface area contributed by atoms with Gasteiger partial charge in [0, 0.05) is 20.0 Å². The van der Waals surface area contributed by atoms with E-state index in [1.165, 1.54) is 0 Å². The van der Waals surface area contributed by atoms with Gasteiger partial charge in [-0.05, 0) is 12.0 Å². The Balaban J connectivity index is 1.61. The van der Waals surface area contributed by atoms with E-state index in [0.29, 0.717) is 31.3 Å². The van der Waals surface area contributed by atoms with Crippen LogP contribution in [0.15, 0.2) is 34.7 Å². The molecule has 1 aliphatic rings. The SMILES string of the molecule is Cc1nnc(C2CC(S(=O)(=O)NCc3ccccc3)CN2)o1. The lowest BCUT2D eigenvalue weighted by Gasteiger charge is -2.12. The molecule has 0 aliphatic carbocycles. The molecule has 8 heteroatoms. The van der Waals surface area contributed by atoms with Crippen molar-refractivity contribution in [2.45, 2.75) is 31.2 Å². The Morgan fingerprint density at radius 1 is 1.32 bits per heavy atom. The lowest BCUT2D eigenvalue weighted by Crippen LogP contribution is -2.35. The first-order valence-corrected chi connectivity index (χ1v) is 8.65. The number of aromatic nitrogens is 2. The number of sulfonamides is 1. The smallest absolute Gasteiger partial charge is 0.233 e. The van der Waals surface area contributed by atoms with Crippen molar-refractivity contribution >= 4 is 10.0 Å². The lowest BCUT2D eigenvalue weighted by molar-refractivity contribution is 0.413. The van der Waals surface area contributed by atoms with Crippen molar-refractivity contribution in [3.8, 4) is 0 Å². The Morgan fingerprint density at radius 2 is 2.09 bits per heavy atom. The van der Waals surface area contributed by atoms with Crippen molar-refractivity contribution in [3.05, 3.63) is 47.7 Å². The van der Waals surface area contributed by atoms with Crippen LogP contribution in [-0.2, 0) is 16.6 Å². The maximum absolute atomic E-state index is 12.4. The van der Waals surface area contributed by atoms with E-state index in [9.17, 15) is 8.42 Å². The van der Waals surface area contributed by atoms with E-state index in [1.807, 2.05) is 30.3 Å². The Labute approximate surface area is 129 Å². The third-order valence-electron chi connectivity index (χ3n) is 3.69. The third-order valence-corrected chi connectivity index (χ3v) is 5.47. The van der Waals surface area contributed by atoms with Crippen molar-refractivity contribution in [1.29, 1.82) is 0 Å². The maximum Gasteiger partial charge on any atom is 0.233 e. The van der Waals surface area contributed by atoms with Gasteiger partial charge in [0.2, 0.25) is 21.8 Å². The van der Waals surface area contributed by atoms with Gasteiger partial charge in [-0.3, -0.25) is 0 Å². The highest BCUT2D eigenvalue weighted by Crippen LogP contribution is 2.25. The van der Waals surface area contributed by atoms with Gasteiger partial charge in [-0.15, -0.1) is 10.2 Å². The molecule has 2 N–H and O–H groups in total. The van der Waals surface area contributed by atoms with Gasteiger partial charge in [0.1, 0.15) is 0 Å². The molecular weight excluding hydrogens is 304 g/mol. The minimum absolute atomic E-state index is 0.209. The average Bonchev–Trinajstić information content (AvgIpc) is 3.15. The quantitative estimate of drug-likeness (QED) is 0.849. The zero-order chi connectivity index (χ0) is 15.6. The summed E-state index contributed by atoms with van der Waals surface area (Å²) in [7, 11) is -3.39. The average molecular weight is 322 g/mol. The molecule has 1 aromatic heterocycles. The van der Waals surface area contributed by atoms with Gasteiger partial charge >= 0.3 is 0 Å². The molecule has 3 rings (SSSR count). The van der Waals surface area contributed by atoms with Crippen LogP contribution in [0, 0.1) is 6.92 Å². The molecule has 0 bridgehead atoms. The normalized spacial score (nSPS) is 22.0. The predicted molar refractivity (Wildman–Crippen MR) is 80.4 cm³/mol.